The Morgan fingerprint density at radius 2 is 1.74 bits per heavy atom. The van der Waals surface area contributed by atoms with Gasteiger partial charge in [-0.25, -0.2) is 0 Å². The Labute approximate surface area is 166 Å². The lowest BCUT2D eigenvalue weighted by Crippen LogP contribution is -2.35. The summed E-state index contributed by atoms with van der Waals surface area (Å²) in [7, 11) is 0. The zero-order valence-electron chi connectivity index (χ0n) is 14.7. The third-order valence-electron chi connectivity index (χ3n) is 3.48. The molecular formula is C19H18Cl2N2O4. The zero-order valence-corrected chi connectivity index (χ0v) is 16.2. The lowest BCUT2D eigenvalue weighted by molar-refractivity contribution is -0.152. The smallest absolute Gasteiger partial charge is 0.326 e. The van der Waals surface area contributed by atoms with E-state index in [2.05, 4.69) is 10.6 Å². The second kappa shape index (κ2) is 9.39. The quantitative estimate of drug-likeness (QED) is 0.714. The minimum Gasteiger partial charge on any atom is -0.451 e. The van der Waals surface area contributed by atoms with Gasteiger partial charge in [0.15, 0.2) is 6.10 Å². The summed E-state index contributed by atoms with van der Waals surface area (Å²) in [6.45, 7) is 2.92. The lowest BCUT2D eigenvalue weighted by Gasteiger charge is -2.14. The Kier molecular flexibility index (Phi) is 7.21. The van der Waals surface area contributed by atoms with Gasteiger partial charge in [-0.15, -0.1) is 0 Å². The molecule has 1 atom stereocenters. The maximum absolute atomic E-state index is 12.1. The highest BCUT2D eigenvalue weighted by Gasteiger charge is 2.19. The van der Waals surface area contributed by atoms with Crippen LogP contribution in [0.2, 0.25) is 10.0 Å². The average Bonchev–Trinajstić information content (AvgIpc) is 2.58. The van der Waals surface area contributed by atoms with E-state index in [1.807, 2.05) is 13.0 Å². The number of rotatable bonds is 6. The van der Waals surface area contributed by atoms with Crippen LogP contribution >= 0.6 is 23.2 Å². The van der Waals surface area contributed by atoms with E-state index in [-0.39, 0.29) is 6.54 Å². The van der Waals surface area contributed by atoms with Gasteiger partial charge in [0.2, 0.25) is 0 Å². The molecule has 0 aliphatic heterocycles. The predicted octanol–water partition coefficient (Wildman–Crippen LogP) is 3.60. The number of benzene rings is 2. The van der Waals surface area contributed by atoms with E-state index in [0.717, 1.165) is 5.56 Å². The van der Waals surface area contributed by atoms with Gasteiger partial charge in [-0.2, -0.15) is 0 Å². The number of carbonyl (C=O) groups excluding carboxylic acids is 3. The normalized spacial score (nSPS) is 11.4. The van der Waals surface area contributed by atoms with Gasteiger partial charge in [-0.1, -0.05) is 40.9 Å². The molecule has 6 nitrogen and oxygen atoms in total. The first-order valence-electron chi connectivity index (χ1n) is 8.06. The van der Waals surface area contributed by atoms with Gasteiger partial charge in [0.05, 0.1) is 0 Å². The Balaban J connectivity index is 1.83. The SMILES string of the molecule is Cc1cccc(C(=O)NCC(=O)O[C@H](C)C(=O)Nc2cc(Cl)cc(Cl)c2)c1. The maximum Gasteiger partial charge on any atom is 0.326 e. The van der Waals surface area contributed by atoms with Gasteiger partial charge in [-0.05, 0) is 44.2 Å². The molecule has 142 valence electrons. The topological polar surface area (TPSA) is 84.5 Å². The van der Waals surface area contributed by atoms with Gasteiger partial charge >= 0.3 is 5.97 Å². The molecule has 0 bridgehead atoms. The second-order valence-electron chi connectivity index (χ2n) is 5.83. The average molecular weight is 409 g/mol. The van der Waals surface area contributed by atoms with Crippen molar-refractivity contribution in [1.29, 1.82) is 0 Å². The third-order valence-corrected chi connectivity index (χ3v) is 3.92. The summed E-state index contributed by atoms with van der Waals surface area (Å²) in [6.07, 6.45) is -1.06. The number of halogens is 2. The number of aryl methyl sites for hydroxylation is 1. The highest BCUT2D eigenvalue weighted by atomic mass is 35.5. The molecular weight excluding hydrogens is 391 g/mol. The van der Waals surface area contributed by atoms with Crippen molar-refractivity contribution in [2.75, 3.05) is 11.9 Å². The van der Waals surface area contributed by atoms with Crippen molar-refractivity contribution in [3.8, 4) is 0 Å². The van der Waals surface area contributed by atoms with Gasteiger partial charge in [0.1, 0.15) is 6.54 Å². The Bertz CT molecular complexity index is 850. The number of nitrogens with one attached hydrogen (secondary N) is 2. The monoisotopic (exact) mass is 408 g/mol. The molecule has 0 radical (unpaired) electrons. The van der Waals surface area contributed by atoms with Crippen LogP contribution in [0.1, 0.15) is 22.8 Å². The molecule has 0 saturated carbocycles. The van der Waals surface area contributed by atoms with Crippen LogP contribution in [0.5, 0.6) is 0 Å². The first kappa shape index (κ1) is 20.7. The molecule has 2 aromatic carbocycles. The molecule has 2 amide bonds. The number of carbonyl (C=O) groups is 3. The van der Waals surface area contributed by atoms with E-state index in [4.69, 9.17) is 27.9 Å². The summed E-state index contributed by atoms with van der Waals surface area (Å²) in [5, 5.41) is 5.73. The molecule has 0 fully saturated rings. The van der Waals surface area contributed by atoms with Crippen LogP contribution in [0.4, 0.5) is 5.69 Å². The summed E-state index contributed by atoms with van der Waals surface area (Å²) in [5.74, 6) is -1.68. The summed E-state index contributed by atoms with van der Waals surface area (Å²) >= 11 is 11.7. The molecule has 2 rings (SSSR count). The predicted molar refractivity (Wildman–Crippen MR) is 104 cm³/mol. The van der Waals surface area contributed by atoms with Crippen molar-refractivity contribution in [3.05, 3.63) is 63.6 Å². The Morgan fingerprint density at radius 3 is 2.37 bits per heavy atom. The van der Waals surface area contributed by atoms with Crippen LogP contribution in [0.3, 0.4) is 0 Å². The lowest BCUT2D eigenvalue weighted by atomic mass is 10.1. The van der Waals surface area contributed by atoms with Crippen molar-refractivity contribution in [2.24, 2.45) is 0 Å². The van der Waals surface area contributed by atoms with Crippen molar-refractivity contribution in [3.63, 3.8) is 0 Å². The molecule has 0 aromatic heterocycles. The molecule has 0 heterocycles. The van der Waals surface area contributed by atoms with E-state index >= 15 is 0 Å². The third kappa shape index (κ3) is 6.58. The van der Waals surface area contributed by atoms with Crippen molar-refractivity contribution in [2.45, 2.75) is 20.0 Å². The zero-order chi connectivity index (χ0) is 20.0. The summed E-state index contributed by atoms with van der Waals surface area (Å²) in [6, 6.07) is 11.5. The fraction of sp³-hybridized carbons (Fsp3) is 0.211. The van der Waals surface area contributed by atoms with Crippen molar-refractivity contribution < 1.29 is 19.1 Å². The number of ether oxygens (including phenoxy) is 1. The number of hydrogen-bond acceptors (Lipinski definition) is 4. The first-order chi connectivity index (χ1) is 12.7. The van der Waals surface area contributed by atoms with E-state index < -0.39 is 23.9 Å². The molecule has 0 unspecified atom stereocenters. The fourth-order valence-corrected chi connectivity index (χ4v) is 2.73. The van der Waals surface area contributed by atoms with Gasteiger partial charge in [0.25, 0.3) is 11.8 Å². The molecule has 2 aromatic rings. The van der Waals surface area contributed by atoms with Crippen molar-refractivity contribution in [1.82, 2.24) is 5.32 Å². The second-order valence-corrected chi connectivity index (χ2v) is 6.70. The number of hydrogen-bond donors (Lipinski definition) is 2. The summed E-state index contributed by atoms with van der Waals surface area (Å²) in [5.41, 5.74) is 1.75. The minimum absolute atomic E-state index is 0.354. The molecule has 8 heteroatoms. The highest BCUT2D eigenvalue weighted by Crippen LogP contribution is 2.22. The van der Waals surface area contributed by atoms with Gasteiger partial charge in [-0.3, -0.25) is 14.4 Å². The van der Waals surface area contributed by atoms with Crippen LogP contribution < -0.4 is 10.6 Å². The standard InChI is InChI=1S/C19H18Cl2N2O4/c1-11-4-3-5-13(6-11)19(26)22-10-17(24)27-12(2)18(25)23-16-8-14(20)7-15(21)9-16/h3-9,12H,10H2,1-2H3,(H,22,26)(H,23,25)/t12-/m1/s1. The van der Waals surface area contributed by atoms with Crippen LogP contribution in [0, 0.1) is 6.92 Å². The van der Waals surface area contributed by atoms with Crippen LogP contribution in [0.15, 0.2) is 42.5 Å². The minimum atomic E-state index is -1.06. The molecule has 0 aliphatic rings. The van der Waals surface area contributed by atoms with Gasteiger partial charge in [0, 0.05) is 21.3 Å². The summed E-state index contributed by atoms with van der Waals surface area (Å²) < 4.78 is 5.02. The highest BCUT2D eigenvalue weighted by molar-refractivity contribution is 6.35. The molecule has 0 aliphatic carbocycles. The molecule has 0 saturated heterocycles. The van der Waals surface area contributed by atoms with E-state index in [9.17, 15) is 14.4 Å². The fourth-order valence-electron chi connectivity index (χ4n) is 2.20. The van der Waals surface area contributed by atoms with Crippen molar-refractivity contribution >= 4 is 46.7 Å². The molecule has 27 heavy (non-hydrogen) atoms. The van der Waals surface area contributed by atoms with E-state index in [0.29, 0.717) is 21.3 Å². The first-order valence-corrected chi connectivity index (χ1v) is 8.81. The number of amides is 2. The summed E-state index contributed by atoms with van der Waals surface area (Å²) in [4.78, 5) is 36.0. The van der Waals surface area contributed by atoms with E-state index in [1.165, 1.54) is 25.1 Å². The molecule has 0 spiro atoms. The van der Waals surface area contributed by atoms with Crippen LogP contribution in [-0.4, -0.2) is 30.4 Å². The maximum atomic E-state index is 12.1. The largest absolute Gasteiger partial charge is 0.451 e. The molecule has 2 N–H and O–H groups in total. The van der Waals surface area contributed by atoms with E-state index in [1.54, 1.807) is 18.2 Å². The number of esters is 1. The Morgan fingerprint density at radius 1 is 1.07 bits per heavy atom. The van der Waals surface area contributed by atoms with Gasteiger partial charge < -0.3 is 15.4 Å². The Hall–Kier alpha value is -2.57. The van der Waals surface area contributed by atoms with Crippen LogP contribution in [-0.2, 0) is 14.3 Å². The van der Waals surface area contributed by atoms with Crippen LogP contribution in [0.25, 0.3) is 0 Å². The number of anilines is 1.